The summed E-state index contributed by atoms with van der Waals surface area (Å²) in [5, 5.41) is 30.3. The molecule has 8 nitrogen and oxygen atoms in total. The first-order valence-corrected chi connectivity index (χ1v) is 6.18. The third-order valence-corrected chi connectivity index (χ3v) is 3.65. The number of non-ortho nitro benzene ring substituents is 1. The van der Waals surface area contributed by atoms with E-state index in [4.69, 9.17) is 10.8 Å². The van der Waals surface area contributed by atoms with E-state index in [9.17, 15) is 20.0 Å². The molecular formula is C13H15N3O5. The molecule has 0 aliphatic carbocycles. The molecule has 21 heavy (non-hydrogen) atoms. The van der Waals surface area contributed by atoms with Crippen LogP contribution in [-0.2, 0) is 18.3 Å². The fourth-order valence-corrected chi connectivity index (χ4v) is 2.46. The monoisotopic (exact) mass is 293 g/mol. The number of rotatable bonds is 4. The van der Waals surface area contributed by atoms with E-state index in [1.807, 2.05) is 0 Å². The molecule has 0 bridgehead atoms. The number of aromatic nitrogens is 1. The van der Waals surface area contributed by atoms with Crippen LogP contribution in [0, 0.1) is 17.0 Å². The smallest absolute Gasteiger partial charge is 0.320 e. The van der Waals surface area contributed by atoms with Crippen LogP contribution in [0.3, 0.4) is 0 Å². The molecule has 0 spiro atoms. The molecule has 0 amide bonds. The van der Waals surface area contributed by atoms with E-state index in [0.29, 0.717) is 11.3 Å². The van der Waals surface area contributed by atoms with Gasteiger partial charge in [0.15, 0.2) is 0 Å². The maximum atomic E-state index is 11.1. The van der Waals surface area contributed by atoms with Gasteiger partial charge in [-0.15, -0.1) is 0 Å². The Morgan fingerprint density at radius 3 is 2.67 bits per heavy atom. The Labute approximate surface area is 119 Å². The van der Waals surface area contributed by atoms with Crippen LogP contribution < -0.4 is 5.73 Å². The first-order valence-electron chi connectivity index (χ1n) is 6.18. The van der Waals surface area contributed by atoms with Crippen molar-refractivity contribution in [3.63, 3.8) is 0 Å². The fourth-order valence-electron chi connectivity index (χ4n) is 2.46. The number of nitro groups is 1. The SMILES string of the molecule is Cc1c(CC(N)C(=O)O)c2c(O)ccc([N+](=O)[O-])c2n1C. The summed E-state index contributed by atoms with van der Waals surface area (Å²) in [6, 6.07) is 1.31. The van der Waals surface area contributed by atoms with Crippen LogP contribution in [-0.4, -0.2) is 31.7 Å². The van der Waals surface area contributed by atoms with Crippen LogP contribution in [0.4, 0.5) is 5.69 Å². The summed E-state index contributed by atoms with van der Waals surface area (Å²) >= 11 is 0. The maximum absolute atomic E-state index is 11.1. The van der Waals surface area contributed by atoms with Crippen molar-refractivity contribution in [3.8, 4) is 5.75 Å². The van der Waals surface area contributed by atoms with Crippen molar-refractivity contribution in [2.24, 2.45) is 12.8 Å². The van der Waals surface area contributed by atoms with E-state index >= 15 is 0 Å². The number of aromatic hydroxyl groups is 1. The topological polar surface area (TPSA) is 132 Å². The third kappa shape index (κ3) is 2.29. The number of benzene rings is 1. The number of phenolic OH excluding ortho intramolecular Hbond substituents is 1. The molecule has 1 heterocycles. The Morgan fingerprint density at radius 2 is 2.14 bits per heavy atom. The van der Waals surface area contributed by atoms with E-state index in [1.54, 1.807) is 18.5 Å². The summed E-state index contributed by atoms with van der Waals surface area (Å²) in [4.78, 5) is 21.5. The number of nitrogens with zero attached hydrogens (tertiary/aromatic N) is 2. The lowest BCUT2D eigenvalue weighted by molar-refractivity contribution is -0.383. The van der Waals surface area contributed by atoms with Gasteiger partial charge < -0.3 is 20.5 Å². The molecule has 0 saturated heterocycles. The summed E-state index contributed by atoms with van der Waals surface area (Å²) in [5.74, 6) is -1.30. The zero-order chi connectivity index (χ0) is 15.9. The zero-order valence-corrected chi connectivity index (χ0v) is 11.5. The normalized spacial score (nSPS) is 12.5. The van der Waals surface area contributed by atoms with E-state index in [-0.39, 0.29) is 28.8 Å². The van der Waals surface area contributed by atoms with E-state index in [0.717, 1.165) is 0 Å². The van der Waals surface area contributed by atoms with Crippen molar-refractivity contribution >= 4 is 22.6 Å². The lowest BCUT2D eigenvalue weighted by atomic mass is 10.0. The molecule has 2 aromatic rings. The molecule has 2 rings (SSSR count). The van der Waals surface area contributed by atoms with Crippen molar-refractivity contribution in [1.82, 2.24) is 4.57 Å². The quantitative estimate of drug-likeness (QED) is 0.570. The Bertz CT molecular complexity index is 750. The van der Waals surface area contributed by atoms with Gasteiger partial charge in [-0.3, -0.25) is 14.9 Å². The van der Waals surface area contributed by atoms with Crippen molar-refractivity contribution in [1.29, 1.82) is 0 Å². The van der Waals surface area contributed by atoms with E-state index in [1.165, 1.54) is 12.1 Å². The highest BCUT2D eigenvalue weighted by molar-refractivity contribution is 5.97. The zero-order valence-electron chi connectivity index (χ0n) is 11.5. The van der Waals surface area contributed by atoms with E-state index < -0.39 is 16.9 Å². The minimum atomic E-state index is -1.17. The molecule has 8 heteroatoms. The molecular weight excluding hydrogens is 278 g/mol. The third-order valence-electron chi connectivity index (χ3n) is 3.65. The highest BCUT2D eigenvalue weighted by Crippen LogP contribution is 2.38. The molecule has 1 aromatic carbocycles. The van der Waals surface area contributed by atoms with Crippen molar-refractivity contribution < 1.29 is 19.9 Å². The van der Waals surface area contributed by atoms with Gasteiger partial charge in [-0.2, -0.15) is 0 Å². The Hall–Kier alpha value is -2.61. The Balaban J connectivity index is 2.78. The molecule has 0 aliphatic heterocycles. The number of nitro benzene ring substituents is 1. The molecule has 1 aromatic heterocycles. The second-order valence-electron chi connectivity index (χ2n) is 4.86. The van der Waals surface area contributed by atoms with Gasteiger partial charge in [-0.25, -0.2) is 0 Å². The van der Waals surface area contributed by atoms with E-state index in [2.05, 4.69) is 0 Å². The predicted octanol–water partition coefficient (Wildman–Crippen LogP) is 1.05. The van der Waals surface area contributed by atoms with Crippen molar-refractivity contribution in [3.05, 3.63) is 33.5 Å². The minimum absolute atomic E-state index is 0.0206. The number of fused-ring (bicyclic) bond motifs is 1. The van der Waals surface area contributed by atoms with Crippen LogP contribution in [0.5, 0.6) is 5.75 Å². The van der Waals surface area contributed by atoms with Gasteiger partial charge in [0.05, 0.1) is 10.3 Å². The first-order chi connectivity index (χ1) is 9.75. The first kappa shape index (κ1) is 14.8. The molecule has 4 N–H and O–H groups in total. The van der Waals surface area contributed by atoms with Gasteiger partial charge in [-0.1, -0.05) is 0 Å². The summed E-state index contributed by atoms with van der Waals surface area (Å²) in [5.41, 5.74) is 6.78. The summed E-state index contributed by atoms with van der Waals surface area (Å²) in [6.07, 6.45) is -0.0206. The molecule has 112 valence electrons. The van der Waals surface area contributed by atoms with Gasteiger partial charge in [0, 0.05) is 25.2 Å². The number of carbonyl (C=O) groups is 1. The number of phenols is 1. The van der Waals surface area contributed by atoms with Crippen molar-refractivity contribution in [2.45, 2.75) is 19.4 Å². The number of hydrogen-bond acceptors (Lipinski definition) is 5. The van der Waals surface area contributed by atoms with Crippen molar-refractivity contribution in [2.75, 3.05) is 0 Å². The average Bonchev–Trinajstić information content (AvgIpc) is 2.65. The molecule has 1 unspecified atom stereocenters. The molecule has 1 atom stereocenters. The van der Waals surface area contributed by atoms with Gasteiger partial charge in [0.25, 0.3) is 5.69 Å². The number of nitrogens with two attached hydrogens (primary N) is 1. The summed E-state index contributed by atoms with van der Waals surface area (Å²) in [6.45, 7) is 1.70. The Kier molecular flexibility index (Phi) is 3.56. The minimum Gasteiger partial charge on any atom is -0.507 e. The fraction of sp³-hybridized carbons (Fsp3) is 0.308. The maximum Gasteiger partial charge on any atom is 0.320 e. The van der Waals surface area contributed by atoms with Crippen LogP contribution in [0.15, 0.2) is 12.1 Å². The second kappa shape index (κ2) is 5.06. The highest BCUT2D eigenvalue weighted by atomic mass is 16.6. The highest BCUT2D eigenvalue weighted by Gasteiger charge is 2.25. The van der Waals surface area contributed by atoms with Gasteiger partial charge in [-0.05, 0) is 18.6 Å². The molecule has 0 aliphatic rings. The standard InChI is InChI=1S/C13H15N3O5/c1-6-7(5-8(14)13(18)19)11-10(17)4-3-9(16(20)21)12(11)15(6)2/h3-4,8,17H,5,14H2,1-2H3,(H,18,19). The predicted molar refractivity (Wildman–Crippen MR) is 75.3 cm³/mol. The summed E-state index contributed by atoms with van der Waals surface area (Å²) in [7, 11) is 1.62. The molecule has 0 fully saturated rings. The largest absolute Gasteiger partial charge is 0.507 e. The molecule has 0 saturated carbocycles. The van der Waals surface area contributed by atoms with Crippen LogP contribution in [0.25, 0.3) is 10.9 Å². The van der Waals surface area contributed by atoms with Gasteiger partial charge >= 0.3 is 5.97 Å². The van der Waals surface area contributed by atoms with Crippen LogP contribution in [0.2, 0.25) is 0 Å². The lowest BCUT2D eigenvalue weighted by Crippen LogP contribution is -2.32. The lowest BCUT2D eigenvalue weighted by Gasteiger charge is -2.07. The molecule has 0 radical (unpaired) electrons. The van der Waals surface area contributed by atoms with Crippen LogP contribution in [0.1, 0.15) is 11.3 Å². The number of carboxylic acids is 1. The number of hydrogen-bond donors (Lipinski definition) is 3. The van der Waals surface area contributed by atoms with Gasteiger partial charge in [0.2, 0.25) is 0 Å². The average molecular weight is 293 g/mol. The van der Waals surface area contributed by atoms with Crippen LogP contribution >= 0.6 is 0 Å². The Morgan fingerprint density at radius 1 is 1.52 bits per heavy atom. The second-order valence-corrected chi connectivity index (χ2v) is 4.86. The van der Waals surface area contributed by atoms with Gasteiger partial charge in [0.1, 0.15) is 17.3 Å². The summed E-state index contributed by atoms with van der Waals surface area (Å²) < 4.78 is 1.57. The number of carboxylic acid groups (broad SMARTS) is 1. The number of aliphatic carboxylic acids is 1. The number of aryl methyl sites for hydroxylation is 1.